The number of unbranched alkanes of at least 4 members (excludes halogenated alkanes) is 5. The van der Waals surface area contributed by atoms with Crippen LogP contribution in [-0.2, 0) is 4.74 Å². The largest absolute Gasteiger partial charge is 0.462 e. The number of benzene rings is 1. The monoisotopic (exact) mass is 500 g/mol. The van der Waals surface area contributed by atoms with E-state index in [9.17, 15) is 4.79 Å². The van der Waals surface area contributed by atoms with Crippen molar-refractivity contribution in [3.8, 4) is 0 Å². The Balaban J connectivity index is 1.97. The fraction of sp³-hybridized carbons (Fsp3) is 0.708. The van der Waals surface area contributed by atoms with Crippen molar-refractivity contribution in [1.82, 2.24) is 5.32 Å². The number of esters is 1. The Morgan fingerprint density at radius 1 is 1.17 bits per heavy atom. The number of alkyl halides is 1. The van der Waals surface area contributed by atoms with Gasteiger partial charge in [0.2, 0.25) is 0 Å². The van der Waals surface area contributed by atoms with Gasteiger partial charge < -0.3 is 15.8 Å². The maximum absolute atomic E-state index is 12.7. The zero-order valence-corrected chi connectivity index (χ0v) is 20.7. The minimum atomic E-state index is -0.266. The van der Waals surface area contributed by atoms with Crippen molar-refractivity contribution in [2.75, 3.05) is 24.8 Å². The third kappa shape index (κ3) is 8.05. The molecule has 0 aliphatic heterocycles. The van der Waals surface area contributed by atoms with E-state index in [1.54, 1.807) is 6.07 Å². The SMILES string of the molecule is CCNC(c1cc(C(=O)OCCCCCCCCCl)cc(Br)c1N)C1CCCCC1. The Kier molecular flexibility index (Phi) is 12.2. The molecule has 1 aromatic carbocycles. The van der Waals surface area contributed by atoms with Crippen LogP contribution in [-0.4, -0.2) is 25.0 Å². The highest BCUT2D eigenvalue weighted by Crippen LogP contribution is 2.39. The second kappa shape index (κ2) is 14.3. The van der Waals surface area contributed by atoms with Gasteiger partial charge in [0.15, 0.2) is 0 Å². The number of hydrogen-bond donors (Lipinski definition) is 2. The Bertz CT molecular complexity index is 650. The third-order valence-corrected chi connectivity index (χ3v) is 6.96. The number of rotatable bonds is 13. The van der Waals surface area contributed by atoms with Crippen molar-refractivity contribution in [2.45, 2.75) is 83.6 Å². The number of hydrogen-bond acceptors (Lipinski definition) is 4. The quantitative estimate of drug-likeness (QED) is 0.132. The summed E-state index contributed by atoms with van der Waals surface area (Å²) >= 11 is 9.26. The van der Waals surface area contributed by atoms with Crippen molar-refractivity contribution in [3.05, 3.63) is 27.7 Å². The summed E-state index contributed by atoms with van der Waals surface area (Å²) in [5, 5.41) is 3.62. The summed E-state index contributed by atoms with van der Waals surface area (Å²) in [5.74, 6) is 1.03. The van der Waals surface area contributed by atoms with Crippen molar-refractivity contribution in [1.29, 1.82) is 0 Å². The fourth-order valence-electron chi connectivity index (χ4n) is 4.38. The highest BCUT2D eigenvalue weighted by atomic mass is 79.9. The molecule has 1 aromatic rings. The van der Waals surface area contributed by atoms with Gasteiger partial charge in [-0.25, -0.2) is 4.79 Å². The van der Waals surface area contributed by atoms with E-state index in [4.69, 9.17) is 22.1 Å². The van der Waals surface area contributed by atoms with Crippen LogP contribution >= 0.6 is 27.5 Å². The van der Waals surface area contributed by atoms with Gasteiger partial charge in [0.05, 0.1) is 17.9 Å². The first-order valence-corrected chi connectivity index (χ1v) is 13.0. The van der Waals surface area contributed by atoms with Crippen molar-refractivity contribution >= 4 is 39.2 Å². The Hall–Kier alpha value is -0.780. The minimum absolute atomic E-state index is 0.173. The predicted molar refractivity (Wildman–Crippen MR) is 130 cm³/mol. The van der Waals surface area contributed by atoms with Crippen LogP contribution in [0.15, 0.2) is 16.6 Å². The Morgan fingerprint density at radius 3 is 2.50 bits per heavy atom. The first-order chi connectivity index (χ1) is 14.6. The molecule has 0 saturated heterocycles. The normalized spacial score (nSPS) is 15.8. The van der Waals surface area contributed by atoms with Crippen LogP contribution in [0.25, 0.3) is 0 Å². The number of nitrogens with one attached hydrogen (secondary N) is 1. The average molecular weight is 502 g/mol. The molecule has 6 heteroatoms. The summed E-state index contributed by atoms with van der Waals surface area (Å²) in [4.78, 5) is 12.7. The molecule has 170 valence electrons. The van der Waals surface area contributed by atoms with Crippen molar-refractivity contribution < 1.29 is 9.53 Å². The summed E-state index contributed by atoms with van der Waals surface area (Å²) in [6, 6.07) is 3.90. The van der Waals surface area contributed by atoms with E-state index in [0.29, 0.717) is 18.1 Å². The molecule has 1 aliphatic rings. The van der Waals surface area contributed by atoms with E-state index >= 15 is 0 Å². The summed E-state index contributed by atoms with van der Waals surface area (Å²) < 4.78 is 6.32. The molecule has 0 radical (unpaired) electrons. The lowest BCUT2D eigenvalue weighted by Crippen LogP contribution is -2.30. The molecule has 1 aliphatic carbocycles. The first kappa shape index (κ1) is 25.5. The number of carbonyl (C=O) groups is 1. The van der Waals surface area contributed by atoms with Gasteiger partial charge in [-0.05, 0) is 71.8 Å². The van der Waals surface area contributed by atoms with Crippen LogP contribution in [0.4, 0.5) is 5.69 Å². The number of nitrogens with two attached hydrogens (primary N) is 1. The van der Waals surface area contributed by atoms with Crippen LogP contribution < -0.4 is 11.1 Å². The highest BCUT2D eigenvalue weighted by molar-refractivity contribution is 9.10. The Morgan fingerprint density at radius 2 is 1.83 bits per heavy atom. The molecule has 2 rings (SSSR count). The molecule has 0 bridgehead atoms. The van der Waals surface area contributed by atoms with Crippen molar-refractivity contribution in [3.63, 3.8) is 0 Å². The number of nitrogen functional groups attached to an aromatic ring is 1. The van der Waals surface area contributed by atoms with Crippen LogP contribution in [0.5, 0.6) is 0 Å². The third-order valence-electron chi connectivity index (χ3n) is 6.04. The molecule has 0 spiro atoms. The van der Waals surface area contributed by atoms with Crippen LogP contribution in [0.3, 0.4) is 0 Å². The van der Waals surface area contributed by atoms with Gasteiger partial charge in [-0.1, -0.05) is 51.9 Å². The van der Waals surface area contributed by atoms with Gasteiger partial charge in [0, 0.05) is 16.4 Å². The topological polar surface area (TPSA) is 64.3 Å². The standard InChI is InChI=1S/C24H38BrClN2O2/c1-2-28-23(18-12-8-7-9-13-18)20-16-19(17-21(25)22(20)27)24(29)30-15-11-6-4-3-5-10-14-26/h16-18,23,28H,2-15,27H2,1H3. The van der Waals surface area contributed by atoms with E-state index in [1.807, 2.05) is 6.07 Å². The summed E-state index contributed by atoms with van der Waals surface area (Å²) in [6.45, 7) is 3.46. The molecule has 1 unspecified atom stereocenters. The lowest BCUT2D eigenvalue weighted by molar-refractivity contribution is 0.0497. The van der Waals surface area contributed by atoms with E-state index in [1.165, 1.54) is 44.9 Å². The first-order valence-electron chi connectivity index (χ1n) is 11.6. The van der Waals surface area contributed by atoms with Crippen LogP contribution in [0, 0.1) is 5.92 Å². The van der Waals surface area contributed by atoms with Crippen LogP contribution in [0.1, 0.15) is 99.5 Å². The number of halogens is 2. The predicted octanol–water partition coefficient (Wildman–Crippen LogP) is 7.00. The lowest BCUT2D eigenvalue weighted by atomic mass is 9.80. The molecule has 3 N–H and O–H groups in total. The molecular formula is C24H38BrClN2O2. The molecule has 0 heterocycles. The van der Waals surface area contributed by atoms with Crippen LogP contribution in [0.2, 0.25) is 0 Å². The molecule has 1 atom stereocenters. The van der Waals surface area contributed by atoms with Gasteiger partial charge in [0.25, 0.3) is 0 Å². The zero-order valence-electron chi connectivity index (χ0n) is 18.4. The summed E-state index contributed by atoms with van der Waals surface area (Å²) in [6.07, 6.45) is 12.9. The van der Waals surface area contributed by atoms with E-state index in [0.717, 1.165) is 53.8 Å². The van der Waals surface area contributed by atoms with E-state index in [-0.39, 0.29) is 12.0 Å². The van der Waals surface area contributed by atoms with Gasteiger partial charge in [0.1, 0.15) is 0 Å². The average Bonchev–Trinajstić information content (AvgIpc) is 2.76. The molecule has 0 aromatic heterocycles. The molecule has 1 saturated carbocycles. The van der Waals surface area contributed by atoms with Gasteiger partial charge in [-0.2, -0.15) is 0 Å². The maximum atomic E-state index is 12.7. The molecule has 4 nitrogen and oxygen atoms in total. The summed E-state index contributed by atoms with van der Waals surface area (Å²) in [7, 11) is 0. The molecule has 30 heavy (non-hydrogen) atoms. The number of anilines is 1. The number of ether oxygens (including phenoxy) is 1. The second-order valence-corrected chi connectivity index (χ2v) is 9.57. The maximum Gasteiger partial charge on any atom is 0.338 e. The van der Waals surface area contributed by atoms with Crippen molar-refractivity contribution in [2.24, 2.45) is 5.92 Å². The van der Waals surface area contributed by atoms with Gasteiger partial charge in [-0.15, -0.1) is 11.6 Å². The molecule has 0 amide bonds. The van der Waals surface area contributed by atoms with Gasteiger partial charge in [-0.3, -0.25) is 0 Å². The second-order valence-electron chi connectivity index (χ2n) is 8.34. The number of carbonyl (C=O) groups excluding carboxylic acids is 1. The Labute approximate surface area is 195 Å². The van der Waals surface area contributed by atoms with E-state index < -0.39 is 0 Å². The zero-order chi connectivity index (χ0) is 21.8. The summed E-state index contributed by atoms with van der Waals surface area (Å²) in [5.41, 5.74) is 8.75. The van der Waals surface area contributed by atoms with Gasteiger partial charge >= 0.3 is 5.97 Å². The molecular weight excluding hydrogens is 464 g/mol. The smallest absolute Gasteiger partial charge is 0.338 e. The highest BCUT2D eigenvalue weighted by Gasteiger charge is 2.27. The lowest BCUT2D eigenvalue weighted by Gasteiger charge is -2.32. The molecule has 1 fully saturated rings. The van der Waals surface area contributed by atoms with E-state index in [2.05, 4.69) is 28.2 Å². The minimum Gasteiger partial charge on any atom is -0.462 e. The fourth-order valence-corrected chi connectivity index (χ4v) is 5.05.